The molecule has 0 aliphatic heterocycles. The average molecular weight is 295 g/mol. The topological polar surface area (TPSA) is 114 Å². The maximum absolute atomic E-state index is 12.0. The molecule has 0 unspecified atom stereocenters. The molecule has 0 radical (unpaired) electrons. The first kappa shape index (κ1) is 16.9. The first-order valence-electron chi connectivity index (χ1n) is 6.79. The Morgan fingerprint density at radius 1 is 1.38 bits per heavy atom. The molecule has 0 spiro atoms. The fraction of sp³-hybridized carbons (Fsp3) is 0.462. The molecule has 0 bridgehead atoms. The van der Waals surface area contributed by atoms with Crippen molar-refractivity contribution in [2.75, 3.05) is 31.6 Å². The molecule has 0 aliphatic carbocycles. The van der Waals surface area contributed by atoms with Crippen molar-refractivity contribution in [3.63, 3.8) is 0 Å². The van der Waals surface area contributed by atoms with E-state index in [4.69, 9.17) is 5.84 Å². The second-order valence-corrected chi connectivity index (χ2v) is 4.42. The SMILES string of the molecule is CCN(CC)CCNC(=O)c1ccc([N+](=O)[O-])c(NN)c1. The molecule has 0 fully saturated rings. The minimum atomic E-state index is -0.558. The third kappa shape index (κ3) is 4.69. The number of benzene rings is 1. The minimum absolute atomic E-state index is 0.108. The van der Waals surface area contributed by atoms with E-state index in [1.54, 1.807) is 0 Å². The number of rotatable bonds is 8. The Bertz CT molecular complexity index is 503. The van der Waals surface area contributed by atoms with Crippen molar-refractivity contribution in [2.24, 2.45) is 5.84 Å². The van der Waals surface area contributed by atoms with E-state index < -0.39 is 4.92 Å². The summed E-state index contributed by atoms with van der Waals surface area (Å²) in [5.74, 6) is 4.96. The van der Waals surface area contributed by atoms with Gasteiger partial charge in [0.2, 0.25) is 0 Å². The van der Waals surface area contributed by atoms with Crippen LogP contribution in [0.25, 0.3) is 0 Å². The van der Waals surface area contributed by atoms with E-state index >= 15 is 0 Å². The highest BCUT2D eigenvalue weighted by Crippen LogP contribution is 2.24. The molecule has 0 aromatic heterocycles. The van der Waals surface area contributed by atoms with Crippen LogP contribution in [0.1, 0.15) is 24.2 Å². The number of likely N-dealkylation sites (N-methyl/N-ethyl adjacent to an activating group) is 1. The van der Waals surface area contributed by atoms with Gasteiger partial charge in [0, 0.05) is 24.7 Å². The number of nitro groups is 1. The number of nitrogens with one attached hydrogen (secondary N) is 2. The van der Waals surface area contributed by atoms with Crippen LogP contribution in [-0.4, -0.2) is 41.9 Å². The molecule has 1 amide bonds. The summed E-state index contributed by atoms with van der Waals surface area (Å²) in [5.41, 5.74) is 2.50. The van der Waals surface area contributed by atoms with Crippen LogP contribution < -0.4 is 16.6 Å². The summed E-state index contributed by atoms with van der Waals surface area (Å²) in [6, 6.07) is 4.03. The van der Waals surface area contributed by atoms with Crippen molar-refractivity contribution in [2.45, 2.75) is 13.8 Å². The lowest BCUT2D eigenvalue weighted by Crippen LogP contribution is -2.34. The molecule has 0 atom stereocenters. The molecule has 0 heterocycles. The molecule has 1 aromatic rings. The summed E-state index contributed by atoms with van der Waals surface area (Å²) in [6.45, 7) is 7.23. The zero-order valence-electron chi connectivity index (χ0n) is 12.3. The van der Waals surface area contributed by atoms with Gasteiger partial charge in [-0.25, -0.2) is 0 Å². The zero-order chi connectivity index (χ0) is 15.8. The Hall–Kier alpha value is -2.19. The average Bonchev–Trinajstić information content (AvgIpc) is 2.50. The van der Waals surface area contributed by atoms with Gasteiger partial charge in [0.1, 0.15) is 5.69 Å². The monoisotopic (exact) mass is 295 g/mol. The van der Waals surface area contributed by atoms with Crippen molar-refractivity contribution in [1.82, 2.24) is 10.2 Å². The normalized spacial score (nSPS) is 10.5. The lowest BCUT2D eigenvalue weighted by atomic mass is 10.1. The number of hydrogen-bond acceptors (Lipinski definition) is 6. The molecule has 8 heteroatoms. The highest BCUT2D eigenvalue weighted by atomic mass is 16.6. The molecule has 4 N–H and O–H groups in total. The highest BCUT2D eigenvalue weighted by Gasteiger charge is 2.16. The Balaban J connectivity index is 2.68. The van der Waals surface area contributed by atoms with E-state index in [9.17, 15) is 14.9 Å². The number of nitrogens with two attached hydrogens (primary N) is 1. The van der Waals surface area contributed by atoms with Gasteiger partial charge in [-0.15, -0.1) is 0 Å². The van der Waals surface area contributed by atoms with Crippen LogP contribution in [0.4, 0.5) is 11.4 Å². The van der Waals surface area contributed by atoms with Gasteiger partial charge in [-0.3, -0.25) is 20.8 Å². The number of nitrogen functional groups attached to an aromatic ring is 1. The summed E-state index contributed by atoms with van der Waals surface area (Å²) in [6.07, 6.45) is 0. The summed E-state index contributed by atoms with van der Waals surface area (Å²) in [5, 5.41) is 13.6. The number of hydrazine groups is 1. The molecule has 0 saturated carbocycles. The first-order chi connectivity index (χ1) is 10.0. The van der Waals surface area contributed by atoms with Gasteiger partial charge in [-0.05, 0) is 25.2 Å². The van der Waals surface area contributed by atoms with Crippen LogP contribution in [0.5, 0.6) is 0 Å². The molecule has 1 rings (SSSR count). The summed E-state index contributed by atoms with van der Waals surface area (Å²) < 4.78 is 0. The number of nitrogens with zero attached hydrogens (tertiary/aromatic N) is 2. The minimum Gasteiger partial charge on any atom is -0.351 e. The maximum Gasteiger partial charge on any atom is 0.293 e. The lowest BCUT2D eigenvalue weighted by Gasteiger charge is -2.18. The second-order valence-electron chi connectivity index (χ2n) is 4.42. The van der Waals surface area contributed by atoms with E-state index in [1.807, 2.05) is 0 Å². The van der Waals surface area contributed by atoms with Crippen LogP contribution >= 0.6 is 0 Å². The smallest absolute Gasteiger partial charge is 0.293 e. The summed E-state index contributed by atoms with van der Waals surface area (Å²) in [4.78, 5) is 24.4. The van der Waals surface area contributed by atoms with Crippen molar-refractivity contribution < 1.29 is 9.72 Å². The standard InChI is InChI=1S/C13H21N5O3/c1-3-17(4-2)8-7-15-13(19)10-5-6-12(18(20)21)11(9-10)16-14/h5-6,9,16H,3-4,7-8,14H2,1-2H3,(H,15,19). The number of amides is 1. The van der Waals surface area contributed by atoms with Crippen molar-refractivity contribution in [3.05, 3.63) is 33.9 Å². The van der Waals surface area contributed by atoms with Crippen LogP contribution in [0.3, 0.4) is 0 Å². The molecule has 21 heavy (non-hydrogen) atoms. The molecular weight excluding hydrogens is 274 g/mol. The molecule has 116 valence electrons. The number of hydrogen-bond donors (Lipinski definition) is 3. The van der Waals surface area contributed by atoms with Crippen molar-refractivity contribution >= 4 is 17.3 Å². The highest BCUT2D eigenvalue weighted by molar-refractivity contribution is 5.95. The lowest BCUT2D eigenvalue weighted by molar-refractivity contribution is -0.384. The van der Waals surface area contributed by atoms with E-state index in [-0.39, 0.29) is 17.3 Å². The molecule has 8 nitrogen and oxygen atoms in total. The first-order valence-corrected chi connectivity index (χ1v) is 6.79. The van der Waals surface area contributed by atoms with Gasteiger partial charge in [-0.2, -0.15) is 0 Å². The van der Waals surface area contributed by atoms with Gasteiger partial charge in [0.25, 0.3) is 11.6 Å². The Morgan fingerprint density at radius 2 is 2.05 bits per heavy atom. The predicted octanol–water partition coefficient (Wildman–Crippen LogP) is 0.952. The largest absolute Gasteiger partial charge is 0.351 e. The number of carbonyl (C=O) groups excluding carboxylic acids is 1. The summed E-state index contributed by atoms with van der Waals surface area (Å²) in [7, 11) is 0. The number of nitro benzene ring substituents is 1. The van der Waals surface area contributed by atoms with Crippen molar-refractivity contribution in [1.29, 1.82) is 0 Å². The van der Waals surface area contributed by atoms with E-state index in [1.165, 1.54) is 18.2 Å². The quantitative estimate of drug-likeness (QED) is 0.374. The van der Waals surface area contributed by atoms with E-state index in [0.29, 0.717) is 12.1 Å². The molecule has 1 aromatic carbocycles. The Labute approximate surface area is 123 Å². The predicted molar refractivity (Wildman–Crippen MR) is 81.0 cm³/mol. The molecule has 0 saturated heterocycles. The van der Waals surface area contributed by atoms with E-state index in [0.717, 1.165) is 19.6 Å². The Kier molecular flexibility index (Phi) is 6.57. The van der Waals surface area contributed by atoms with E-state index in [2.05, 4.69) is 29.5 Å². The van der Waals surface area contributed by atoms with Crippen molar-refractivity contribution in [3.8, 4) is 0 Å². The third-order valence-electron chi connectivity index (χ3n) is 3.22. The fourth-order valence-corrected chi connectivity index (χ4v) is 1.92. The zero-order valence-corrected chi connectivity index (χ0v) is 12.3. The van der Waals surface area contributed by atoms with Gasteiger partial charge < -0.3 is 15.6 Å². The van der Waals surface area contributed by atoms with Gasteiger partial charge in [-0.1, -0.05) is 13.8 Å². The van der Waals surface area contributed by atoms with Crippen LogP contribution in [0, 0.1) is 10.1 Å². The fourth-order valence-electron chi connectivity index (χ4n) is 1.92. The maximum atomic E-state index is 12.0. The number of carbonyl (C=O) groups is 1. The van der Waals surface area contributed by atoms with Crippen LogP contribution in [0.15, 0.2) is 18.2 Å². The van der Waals surface area contributed by atoms with Crippen LogP contribution in [-0.2, 0) is 0 Å². The van der Waals surface area contributed by atoms with Crippen LogP contribution in [0.2, 0.25) is 0 Å². The van der Waals surface area contributed by atoms with Gasteiger partial charge in [0.05, 0.1) is 4.92 Å². The van der Waals surface area contributed by atoms with Gasteiger partial charge in [0.15, 0.2) is 0 Å². The number of anilines is 1. The Morgan fingerprint density at radius 3 is 2.57 bits per heavy atom. The molecular formula is C13H21N5O3. The second kappa shape index (κ2) is 8.18. The molecule has 0 aliphatic rings. The van der Waals surface area contributed by atoms with Gasteiger partial charge >= 0.3 is 0 Å². The third-order valence-corrected chi connectivity index (χ3v) is 3.22. The summed E-state index contributed by atoms with van der Waals surface area (Å²) >= 11 is 0.